The lowest BCUT2D eigenvalue weighted by molar-refractivity contribution is 1.31. The summed E-state index contributed by atoms with van der Waals surface area (Å²) in [6, 6.07) is 57.4. The van der Waals surface area contributed by atoms with E-state index in [9.17, 15) is 0 Å². The number of hydrogen-bond donors (Lipinski definition) is 0. The highest BCUT2D eigenvalue weighted by Crippen LogP contribution is 2.45. The molecule has 0 aliphatic heterocycles. The average Bonchev–Trinajstić information content (AvgIpc) is 3.56. The second kappa shape index (κ2) is 11.2. The predicted octanol–water partition coefficient (Wildman–Crippen LogP) is 13.0. The lowest BCUT2D eigenvalue weighted by Crippen LogP contribution is -1.89. The van der Waals surface area contributed by atoms with E-state index in [2.05, 4.69) is 158 Å². The van der Waals surface area contributed by atoms with Crippen LogP contribution in [0.25, 0.3) is 97.3 Å². The molecule has 2 nitrogen and oxygen atoms in total. The molecule has 10 aromatic rings. The molecule has 10 rings (SSSR count). The topological polar surface area (TPSA) is 25.8 Å². The first-order valence-corrected chi connectivity index (χ1v) is 17.4. The van der Waals surface area contributed by atoms with Crippen molar-refractivity contribution >= 4 is 64.1 Å². The zero-order valence-electron chi connectivity index (χ0n) is 26.5. The third kappa shape index (κ3) is 4.62. The highest BCUT2D eigenvalue weighted by Gasteiger charge is 2.16. The van der Waals surface area contributed by atoms with Gasteiger partial charge in [-0.1, -0.05) is 121 Å². The van der Waals surface area contributed by atoms with Crippen LogP contribution in [0.5, 0.6) is 0 Å². The standard InChI is InChI=1S/C46H28N2S/c1-3-10-29(11-4-1)32-19-21-43-40(25-32)42-28-35(30-12-5-2-6-13-30)27-39(46(42)49-43)34-15-9-14-31(24-34)33-18-20-37-36-16-7-8-17-38(36)44-45(41(37)26-33)48-23-22-47-44/h1-28H. The molecule has 0 fully saturated rings. The molecule has 0 saturated carbocycles. The Hall–Kier alpha value is -6.16. The molecule has 0 saturated heterocycles. The van der Waals surface area contributed by atoms with Gasteiger partial charge in [-0.05, 0) is 86.1 Å². The molecule has 8 aromatic carbocycles. The summed E-state index contributed by atoms with van der Waals surface area (Å²) in [7, 11) is 0. The van der Waals surface area contributed by atoms with Crippen LogP contribution in [0.4, 0.5) is 0 Å². The zero-order chi connectivity index (χ0) is 32.3. The van der Waals surface area contributed by atoms with Crippen molar-refractivity contribution in [2.75, 3.05) is 0 Å². The summed E-state index contributed by atoms with van der Waals surface area (Å²) < 4.78 is 2.61. The third-order valence-electron chi connectivity index (χ3n) is 9.74. The summed E-state index contributed by atoms with van der Waals surface area (Å²) in [5.41, 5.74) is 11.6. The van der Waals surface area contributed by atoms with E-state index in [0.717, 1.165) is 27.4 Å². The second-order valence-electron chi connectivity index (χ2n) is 12.6. The van der Waals surface area contributed by atoms with Crippen molar-refractivity contribution < 1.29 is 0 Å². The number of hydrogen-bond acceptors (Lipinski definition) is 3. The highest BCUT2D eigenvalue weighted by atomic mass is 32.1. The van der Waals surface area contributed by atoms with Crippen LogP contribution in [-0.4, -0.2) is 9.97 Å². The average molecular weight is 641 g/mol. The van der Waals surface area contributed by atoms with Gasteiger partial charge in [0.15, 0.2) is 0 Å². The Morgan fingerprint density at radius 3 is 1.67 bits per heavy atom. The van der Waals surface area contributed by atoms with Crippen LogP contribution in [0.1, 0.15) is 0 Å². The van der Waals surface area contributed by atoms with E-state index in [1.807, 2.05) is 11.3 Å². The van der Waals surface area contributed by atoms with E-state index in [1.165, 1.54) is 69.9 Å². The molecule has 2 heterocycles. The first-order chi connectivity index (χ1) is 24.3. The van der Waals surface area contributed by atoms with E-state index in [4.69, 9.17) is 9.97 Å². The normalized spacial score (nSPS) is 11.7. The fourth-order valence-corrected chi connectivity index (χ4v) is 8.58. The SMILES string of the molecule is c1ccc(-c2ccc3sc4c(-c5cccc(-c6ccc7c8ccccc8c8nccnc8c7c6)c5)cc(-c5ccccc5)cc4c3c2)cc1. The highest BCUT2D eigenvalue weighted by molar-refractivity contribution is 7.26. The number of rotatable bonds is 4. The van der Waals surface area contributed by atoms with E-state index >= 15 is 0 Å². The summed E-state index contributed by atoms with van der Waals surface area (Å²) in [6.45, 7) is 0. The summed E-state index contributed by atoms with van der Waals surface area (Å²) in [6.07, 6.45) is 3.58. The monoisotopic (exact) mass is 640 g/mol. The first-order valence-electron chi connectivity index (χ1n) is 16.6. The molecule has 0 aliphatic carbocycles. The number of nitrogens with zero attached hydrogens (tertiary/aromatic N) is 2. The number of thiophene rings is 1. The van der Waals surface area contributed by atoms with Crippen molar-refractivity contribution in [2.24, 2.45) is 0 Å². The quantitative estimate of drug-likeness (QED) is 0.179. The molecule has 3 heteroatoms. The second-order valence-corrected chi connectivity index (χ2v) is 13.6. The van der Waals surface area contributed by atoms with Crippen LogP contribution in [-0.2, 0) is 0 Å². The predicted molar refractivity (Wildman–Crippen MR) is 209 cm³/mol. The van der Waals surface area contributed by atoms with Crippen molar-refractivity contribution in [1.82, 2.24) is 9.97 Å². The van der Waals surface area contributed by atoms with Gasteiger partial charge >= 0.3 is 0 Å². The molecular weight excluding hydrogens is 613 g/mol. The number of aromatic nitrogens is 2. The number of fused-ring (bicyclic) bond motifs is 9. The summed E-state index contributed by atoms with van der Waals surface area (Å²) in [5.74, 6) is 0. The lowest BCUT2D eigenvalue weighted by atomic mass is 9.92. The van der Waals surface area contributed by atoms with Crippen molar-refractivity contribution in [3.8, 4) is 44.5 Å². The summed E-state index contributed by atoms with van der Waals surface area (Å²) >= 11 is 1.88. The van der Waals surface area contributed by atoms with Crippen molar-refractivity contribution in [3.05, 3.63) is 170 Å². The molecule has 2 aromatic heterocycles. The molecule has 0 radical (unpaired) electrons. The van der Waals surface area contributed by atoms with Crippen LogP contribution in [0.3, 0.4) is 0 Å². The molecule has 49 heavy (non-hydrogen) atoms. The van der Waals surface area contributed by atoms with Crippen molar-refractivity contribution in [2.45, 2.75) is 0 Å². The van der Waals surface area contributed by atoms with E-state index in [-0.39, 0.29) is 0 Å². The molecule has 0 amide bonds. The molecule has 228 valence electrons. The Morgan fingerprint density at radius 2 is 0.878 bits per heavy atom. The molecule has 0 bridgehead atoms. The largest absolute Gasteiger partial charge is 0.252 e. The Morgan fingerprint density at radius 1 is 0.327 bits per heavy atom. The zero-order valence-corrected chi connectivity index (χ0v) is 27.3. The van der Waals surface area contributed by atoms with Gasteiger partial charge in [0.25, 0.3) is 0 Å². The lowest BCUT2D eigenvalue weighted by Gasteiger charge is -2.12. The van der Waals surface area contributed by atoms with E-state index in [0.29, 0.717) is 0 Å². The molecular formula is C46H28N2S. The Labute approximate surface area is 287 Å². The van der Waals surface area contributed by atoms with Gasteiger partial charge in [-0.25, -0.2) is 0 Å². The van der Waals surface area contributed by atoms with Gasteiger partial charge in [-0.3, -0.25) is 9.97 Å². The van der Waals surface area contributed by atoms with Crippen molar-refractivity contribution in [1.29, 1.82) is 0 Å². The summed E-state index contributed by atoms with van der Waals surface area (Å²) in [4.78, 5) is 9.57. The van der Waals surface area contributed by atoms with Gasteiger partial charge in [0.05, 0.1) is 11.0 Å². The third-order valence-corrected chi connectivity index (χ3v) is 11.0. The maximum Gasteiger partial charge on any atom is 0.0971 e. The van der Waals surface area contributed by atoms with E-state index in [1.54, 1.807) is 12.4 Å². The minimum absolute atomic E-state index is 0.937. The Balaban J connectivity index is 1.18. The smallest absolute Gasteiger partial charge is 0.0971 e. The molecule has 0 atom stereocenters. The maximum atomic E-state index is 4.82. The van der Waals surface area contributed by atoms with Crippen LogP contribution in [0.2, 0.25) is 0 Å². The minimum Gasteiger partial charge on any atom is -0.252 e. The fraction of sp³-hybridized carbons (Fsp3) is 0. The van der Waals surface area contributed by atoms with Gasteiger partial charge in [-0.15, -0.1) is 11.3 Å². The maximum absolute atomic E-state index is 4.82. The Bertz CT molecular complexity index is 2840. The Kier molecular flexibility index (Phi) is 6.39. The van der Waals surface area contributed by atoms with Crippen molar-refractivity contribution in [3.63, 3.8) is 0 Å². The molecule has 0 aliphatic rings. The minimum atomic E-state index is 0.937. The van der Waals surface area contributed by atoms with E-state index < -0.39 is 0 Å². The summed E-state index contributed by atoms with van der Waals surface area (Å²) in [5, 5.41) is 7.24. The molecule has 0 spiro atoms. The molecule has 0 unspecified atom stereocenters. The van der Waals surface area contributed by atoms with Crippen LogP contribution < -0.4 is 0 Å². The van der Waals surface area contributed by atoms with Gasteiger partial charge in [0.1, 0.15) is 0 Å². The van der Waals surface area contributed by atoms with Crippen LogP contribution >= 0.6 is 11.3 Å². The number of benzene rings is 8. The van der Waals surface area contributed by atoms with Gasteiger partial charge in [-0.2, -0.15) is 0 Å². The fourth-order valence-electron chi connectivity index (χ4n) is 7.38. The van der Waals surface area contributed by atoms with Crippen LogP contribution in [0, 0.1) is 0 Å². The first kappa shape index (κ1) is 27.9. The van der Waals surface area contributed by atoms with Gasteiger partial charge in [0, 0.05) is 48.9 Å². The van der Waals surface area contributed by atoms with Gasteiger partial charge in [0.2, 0.25) is 0 Å². The molecule has 0 N–H and O–H groups in total. The van der Waals surface area contributed by atoms with Crippen LogP contribution in [0.15, 0.2) is 170 Å². The van der Waals surface area contributed by atoms with Gasteiger partial charge < -0.3 is 0 Å².